The molecular weight excluding hydrogens is 527 g/mol. The molecule has 25 heavy (non-hydrogen) atoms. The Morgan fingerprint density at radius 2 is 0.640 bits per heavy atom. The summed E-state index contributed by atoms with van der Waals surface area (Å²) >= 11 is -5.87. The van der Waals surface area contributed by atoms with Gasteiger partial charge in [0, 0.05) is 0 Å². The molecule has 1 spiro atoms. The molecule has 0 amide bonds. The molecule has 0 N–H and O–H groups in total. The van der Waals surface area contributed by atoms with E-state index in [0.29, 0.717) is 0 Å². The van der Waals surface area contributed by atoms with Gasteiger partial charge in [-0.3, -0.25) is 0 Å². The molecule has 0 radical (unpaired) electrons. The van der Waals surface area contributed by atoms with Crippen molar-refractivity contribution in [2.75, 3.05) is 0 Å². The van der Waals surface area contributed by atoms with Gasteiger partial charge in [-0.05, 0) is 0 Å². The van der Waals surface area contributed by atoms with Crippen LogP contribution in [0.25, 0.3) is 0 Å². The number of fused-ring (bicyclic) bond motifs is 8. The molecule has 2 aromatic rings. The fourth-order valence-electron chi connectivity index (χ4n) is 2.30. The van der Waals surface area contributed by atoms with Crippen LogP contribution in [0.3, 0.4) is 0 Å². The van der Waals surface area contributed by atoms with E-state index < -0.39 is 46.9 Å². The first-order chi connectivity index (χ1) is 12.0. The first-order valence-electron chi connectivity index (χ1n) is 7.09. The second kappa shape index (κ2) is 5.65. The van der Waals surface area contributed by atoms with Crippen molar-refractivity contribution in [3.8, 4) is 0 Å². The van der Waals surface area contributed by atoms with Gasteiger partial charge in [-0.1, -0.05) is 0 Å². The molecule has 0 atom stereocenters. The summed E-state index contributed by atoms with van der Waals surface area (Å²) in [6.07, 6.45) is 0. The average Bonchev–Trinajstić information content (AvgIpc) is 2.72. The van der Waals surface area contributed by atoms with Gasteiger partial charge in [0.1, 0.15) is 0 Å². The molecule has 0 saturated heterocycles. The van der Waals surface area contributed by atoms with E-state index in [1.807, 2.05) is 0 Å². The van der Waals surface area contributed by atoms with E-state index in [9.17, 15) is 19.2 Å². The van der Waals surface area contributed by atoms with Gasteiger partial charge in [0.15, 0.2) is 0 Å². The van der Waals surface area contributed by atoms with E-state index in [0.717, 1.165) is 0 Å². The molecule has 2 aromatic carbocycles. The topological polar surface area (TPSA) is 105 Å². The molecule has 124 valence electrons. The summed E-state index contributed by atoms with van der Waals surface area (Å²) in [6.45, 7) is 0. The molecule has 0 unspecified atom stereocenters. The number of benzene rings is 2. The summed E-state index contributed by atoms with van der Waals surface area (Å²) in [5.41, 5.74) is 0.418. The Balaban J connectivity index is 1.82. The minimum absolute atomic E-state index is 0.105. The van der Waals surface area contributed by atoms with Crippen LogP contribution in [0.4, 0.5) is 0 Å². The zero-order valence-corrected chi connectivity index (χ0v) is 16.3. The molecular formula is C16H8O8Pb. The second-order valence-electron chi connectivity index (χ2n) is 5.21. The van der Waals surface area contributed by atoms with Gasteiger partial charge in [-0.25, -0.2) is 0 Å². The third kappa shape index (κ3) is 2.77. The fraction of sp³-hybridized carbons (Fsp3) is 0. The third-order valence-corrected chi connectivity index (χ3v) is 10.4. The van der Waals surface area contributed by atoms with E-state index in [-0.39, 0.29) is 22.3 Å². The fourth-order valence-corrected chi connectivity index (χ4v) is 8.63. The Kier molecular flexibility index (Phi) is 3.56. The first-order valence-corrected chi connectivity index (χ1v) is 13.4. The van der Waals surface area contributed by atoms with E-state index >= 15 is 0 Å². The van der Waals surface area contributed by atoms with Gasteiger partial charge in [-0.15, -0.1) is 0 Å². The standard InChI is InChI=1S/2C8H6O4.Pb/c2*9-7(10)5-1-2-6(4-3-5)8(11)12;/h2*1-4H,(H,9,10)(H,11,12);/q;;+4/p-4. The van der Waals surface area contributed by atoms with E-state index in [4.69, 9.17) is 10.7 Å². The van der Waals surface area contributed by atoms with Gasteiger partial charge >= 0.3 is 148 Å². The summed E-state index contributed by atoms with van der Waals surface area (Å²) in [7, 11) is 0. The van der Waals surface area contributed by atoms with E-state index in [1.54, 1.807) is 0 Å². The predicted octanol–water partition coefficient (Wildman–Crippen LogP) is 1.48. The van der Waals surface area contributed by atoms with Crippen molar-refractivity contribution in [1.29, 1.82) is 0 Å². The quantitative estimate of drug-likeness (QED) is 0.468. The summed E-state index contributed by atoms with van der Waals surface area (Å²) in [5, 5.41) is 0. The van der Waals surface area contributed by atoms with E-state index in [2.05, 4.69) is 0 Å². The molecule has 0 aliphatic carbocycles. The van der Waals surface area contributed by atoms with Crippen LogP contribution in [0.5, 0.6) is 0 Å². The number of carbonyl (C=O) groups is 4. The number of carbonyl (C=O) groups excluding carboxylic acids is 4. The van der Waals surface area contributed by atoms with Gasteiger partial charge in [0.05, 0.1) is 0 Å². The number of rotatable bonds is 0. The maximum absolute atomic E-state index is 12.3. The molecule has 0 fully saturated rings. The third-order valence-electron chi connectivity index (χ3n) is 3.58. The molecule has 8 nitrogen and oxygen atoms in total. The molecule has 4 aliphatic heterocycles. The first kappa shape index (κ1) is 15.8. The SMILES string of the molecule is O=C1[O][Pb]2([O]C(=O)c3ccc1cc3)[O]C(=O)c1ccc(cc1)C(=O)[O]2. The molecule has 0 aromatic heterocycles. The molecule has 4 bridgehead atoms. The molecule has 4 aliphatic rings. The van der Waals surface area contributed by atoms with Crippen LogP contribution < -0.4 is 0 Å². The minimum atomic E-state index is -5.87. The monoisotopic (exact) mass is 536 g/mol. The van der Waals surface area contributed by atoms with E-state index in [1.165, 1.54) is 48.5 Å². The Bertz CT molecular complexity index is 761. The van der Waals surface area contributed by atoms with Gasteiger partial charge < -0.3 is 0 Å². The van der Waals surface area contributed by atoms with Gasteiger partial charge in [0.2, 0.25) is 0 Å². The van der Waals surface area contributed by atoms with Crippen molar-refractivity contribution in [3.05, 3.63) is 70.8 Å². The van der Waals surface area contributed by atoms with Gasteiger partial charge in [0.25, 0.3) is 0 Å². The Hall–Kier alpha value is -2.76. The van der Waals surface area contributed by atoms with Crippen molar-refractivity contribution in [3.63, 3.8) is 0 Å². The molecule has 6 rings (SSSR count). The van der Waals surface area contributed by atoms with Crippen molar-refractivity contribution in [1.82, 2.24) is 0 Å². The van der Waals surface area contributed by atoms with Crippen molar-refractivity contribution in [2.24, 2.45) is 0 Å². The molecule has 4 heterocycles. The predicted molar refractivity (Wildman–Crippen MR) is 80.3 cm³/mol. The Labute approximate surface area is 147 Å². The Morgan fingerprint density at radius 1 is 0.440 bits per heavy atom. The average molecular weight is 535 g/mol. The summed E-state index contributed by atoms with van der Waals surface area (Å²) in [5.74, 6) is -3.64. The van der Waals surface area contributed by atoms with Crippen molar-refractivity contribution >= 4 is 46.9 Å². The van der Waals surface area contributed by atoms with Crippen molar-refractivity contribution < 1.29 is 29.9 Å². The summed E-state index contributed by atoms with van der Waals surface area (Å²) in [6, 6.07) is 10.9. The zero-order valence-electron chi connectivity index (χ0n) is 12.4. The summed E-state index contributed by atoms with van der Waals surface area (Å²) < 4.78 is 20.7. The van der Waals surface area contributed by atoms with Crippen LogP contribution in [-0.2, 0) is 10.7 Å². The van der Waals surface area contributed by atoms with Crippen LogP contribution in [0.2, 0.25) is 0 Å². The van der Waals surface area contributed by atoms with Crippen LogP contribution in [0.15, 0.2) is 48.5 Å². The maximum atomic E-state index is 12.3. The zero-order chi connectivity index (χ0) is 17.6. The van der Waals surface area contributed by atoms with Crippen molar-refractivity contribution in [2.45, 2.75) is 0 Å². The molecule has 9 heteroatoms. The van der Waals surface area contributed by atoms with Gasteiger partial charge in [-0.2, -0.15) is 0 Å². The van der Waals surface area contributed by atoms with Crippen LogP contribution >= 0.6 is 0 Å². The summed E-state index contributed by atoms with van der Waals surface area (Å²) in [4.78, 5) is 49.2. The van der Waals surface area contributed by atoms with Crippen LogP contribution in [-0.4, -0.2) is 46.9 Å². The van der Waals surface area contributed by atoms with Crippen LogP contribution in [0.1, 0.15) is 41.4 Å². The number of hydrogen-bond donors (Lipinski definition) is 0. The Morgan fingerprint density at radius 3 is 0.840 bits per heavy atom. The van der Waals surface area contributed by atoms with Crippen LogP contribution in [0, 0.1) is 0 Å². The molecule has 0 saturated carbocycles. The normalized spacial score (nSPS) is 17.9. The number of hydrogen-bond acceptors (Lipinski definition) is 8. The second-order valence-corrected chi connectivity index (χ2v) is 12.3.